The molecule has 1 aliphatic rings. The average Bonchev–Trinajstić information content (AvgIpc) is 2.70. The lowest BCUT2D eigenvalue weighted by Gasteiger charge is -2.14. The number of cyclic esters (lactones) is 1. The Labute approximate surface area is 113 Å². The second-order valence-corrected chi connectivity index (χ2v) is 4.70. The highest BCUT2D eigenvalue weighted by Crippen LogP contribution is 2.20. The molecule has 2 rings (SSSR count). The molecule has 1 atom stereocenters. The van der Waals surface area contributed by atoms with E-state index in [1.54, 1.807) is 0 Å². The Kier molecular flexibility index (Phi) is 3.99. The minimum absolute atomic E-state index is 0.146. The Morgan fingerprint density at radius 2 is 2.00 bits per heavy atom. The molecule has 1 aromatic heterocycles. The predicted octanol–water partition coefficient (Wildman–Crippen LogP) is 1.20. The molecule has 6 nitrogen and oxygen atoms in total. The predicted molar refractivity (Wildman–Crippen MR) is 72.4 cm³/mol. The zero-order valence-electron chi connectivity index (χ0n) is 11.9. The van der Waals surface area contributed by atoms with Crippen molar-refractivity contribution >= 4 is 12.0 Å². The Hall–Kier alpha value is -1.69. The van der Waals surface area contributed by atoms with Crippen LogP contribution in [0.3, 0.4) is 0 Å². The van der Waals surface area contributed by atoms with E-state index in [1.165, 1.54) is 4.90 Å². The van der Waals surface area contributed by atoms with Crippen LogP contribution in [0.25, 0.3) is 0 Å². The van der Waals surface area contributed by atoms with Gasteiger partial charge in [-0.25, -0.2) is 19.7 Å². The number of carbonyl (C=O) groups excluding carboxylic acids is 1. The average molecular weight is 264 g/mol. The molecule has 1 fully saturated rings. The molecule has 0 aliphatic carbocycles. The first-order valence-corrected chi connectivity index (χ1v) is 6.53. The standard InChI is InChI=1S/C13H20N4O2/c1-5-11-8(2)15-12(16-9(11)3)17-7-10(6-14-4)19-13(17)18/h10,14H,5-7H2,1-4H3. The minimum atomic E-state index is -0.372. The highest BCUT2D eigenvalue weighted by atomic mass is 16.6. The number of nitrogens with zero attached hydrogens (tertiary/aromatic N) is 3. The molecular formula is C13H20N4O2. The number of nitrogens with one attached hydrogen (secondary N) is 1. The van der Waals surface area contributed by atoms with E-state index < -0.39 is 0 Å². The zero-order valence-corrected chi connectivity index (χ0v) is 11.9. The van der Waals surface area contributed by atoms with Crippen molar-refractivity contribution in [2.45, 2.75) is 33.3 Å². The smallest absolute Gasteiger partial charge is 0.417 e. The molecule has 1 unspecified atom stereocenters. The Morgan fingerprint density at radius 3 is 2.53 bits per heavy atom. The molecule has 104 valence electrons. The molecule has 19 heavy (non-hydrogen) atoms. The van der Waals surface area contributed by atoms with Crippen LogP contribution in [0.15, 0.2) is 0 Å². The number of aromatic nitrogens is 2. The molecule has 1 aliphatic heterocycles. The van der Waals surface area contributed by atoms with Crippen molar-refractivity contribution in [3.63, 3.8) is 0 Å². The maximum atomic E-state index is 11.8. The van der Waals surface area contributed by atoms with Gasteiger partial charge >= 0.3 is 6.09 Å². The number of rotatable bonds is 4. The number of hydrogen-bond acceptors (Lipinski definition) is 5. The van der Waals surface area contributed by atoms with Gasteiger partial charge in [-0.1, -0.05) is 6.92 Å². The fraction of sp³-hybridized carbons (Fsp3) is 0.615. The molecule has 1 aromatic rings. The van der Waals surface area contributed by atoms with Crippen molar-refractivity contribution in [1.29, 1.82) is 0 Å². The molecule has 0 spiro atoms. The van der Waals surface area contributed by atoms with E-state index >= 15 is 0 Å². The van der Waals surface area contributed by atoms with Gasteiger partial charge in [0.05, 0.1) is 6.54 Å². The second-order valence-electron chi connectivity index (χ2n) is 4.70. The van der Waals surface area contributed by atoms with Gasteiger partial charge in [-0.05, 0) is 32.9 Å². The second kappa shape index (κ2) is 5.52. The van der Waals surface area contributed by atoms with Gasteiger partial charge in [0.25, 0.3) is 0 Å². The van der Waals surface area contributed by atoms with Crippen LogP contribution in [-0.2, 0) is 11.2 Å². The molecule has 0 bridgehead atoms. The summed E-state index contributed by atoms with van der Waals surface area (Å²) in [4.78, 5) is 22.2. The van der Waals surface area contributed by atoms with E-state index in [1.807, 2.05) is 20.9 Å². The first-order chi connectivity index (χ1) is 9.06. The fourth-order valence-corrected chi connectivity index (χ4v) is 2.37. The summed E-state index contributed by atoms with van der Waals surface area (Å²) in [5.41, 5.74) is 2.99. The maximum absolute atomic E-state index is 11.8. The normalized spacial score (nSPS) is 18.8. The van der Waals surface area contributed by atoms with E-state index in [-0.39, 0.29) is 12.2 Å². The SMILES string of the molecule is CCc1c(C)nc(N2CC(CNC)OC2=O)nc1C. The Balaban J connectivity index is 2.25. The topological polar surface area (TPSA) is 67.3 Å². The van der Waals surface area contributed by atoms with Gasteiger partial charge < -0.3 is 10.1 Å². The van der Waals surface area contributed by atoms with Gasteiger partial charge in [-0.15, -0.1) is 0 Å². The molecule has 1 amide bonds. The van der Waals surface area contributed by atoms with Crippen molar-refractivity contribution in [1.82, 2.24) is 15.3 Å². The van der Waals surface area contributed by atoms with Gasteiger partial charge in [0.15, 0.2) is 0 Å². The van der Waals surface area contributed by atoms with Crippen molar-refractivity contribution < 1.29 is 9.53 Å². The van der Waals surface area contributed by atoms with Crippen LogP contribution in [-0.4, -0.2) is 42.3 Å². The summed E-state index contributed by atoms with van der Waals surface area (Å²) in [7, 11) is 1.83. The van der Waals surface area contributed by atoms with Gasteiger partial charge in [0, 0.05) is 17.9 Å². The fourth-order valence-electron chi connectivity index (χ4n) is 2.37. The van der Waals surface area contributed by atoms with Gasteiger partial charge in [-0.3, -0.25) is 0 Å². The van der Waals surface area contributed by atoms with Gasteiger partial charge in [-0.2, -0.15) is 0 Å². The molecule has 2 heterocycles. The number of ether oxygens (including phenoxy) is 1. The molecule has 0 radical (unpaired) electrons. The number of likely N-dealkylation sites (N-methyl/N-ethyl adjacent to an activating group) is 1. The highest BCUT2D eigenvalue weighted by Gasteiger charge is 2.33. The van der Waals surface area contributed by atoms with Crippen LogP contribution in [0.1, 0.15) is 23.9 Å². The van der Waals surface area contributed by atoms with Crippen LogP contribution in [0.2, 0.25) is 0 Å². The zero-order chi connectivity index (χ0) is 14.0. The quantitative estimate of drug-likeness (QED) is 0.885. The summed E-state index contributed by atoms with van der Waals surface area (Å²) in [5, 5.41) is 3.00. The van der Waals surface area contributed by atoms with Crippen LogP contribution in [0, 0.1) is 13.8 Å². The third kappa shape index (κ3) is 2.68. The van der Waals surface area contributed by atoms with E-state index in [0.717, 1.165) is 23.4 Å². The van der Waals surface area contributed by atoms with Crippen molar-refractivity contribution in [2.24, 2.45) is 0 Å². The number of amides is 1. The lowest BCUT2D eigenvalue weighted by molar-refractivity contribution is 0.141. The monoisotopic (exact) mass is 264 g/mol. The summed E-state index contributed by atoms with van der Waals surface area (Å²) < 4.78 is 5.25. The molecular weight excluding hydrogens is 244 g/mol. The van der Waals surface area contributed by atoms with Crippen LogP contribution >= 0.6 is 0 Å². The van der Waals surface area contributed by atoms with E-state index in [2.05, 4.69) is 22.2 Å². The summed E-state index contributed by atoms with van der Waals surface area (Å²) >= 11 is 0. The first-order valence-electron chi connectivity index (χ1n) is 6.53. The van der Waals surface area contributed by atoms with E-state index in [0.29, 0.717) is 19.0 Å². The Morgan fingerprint density at radius 1 is 1.37 bits per heavy atom. The largest absolute Gasteiger partial charge is 0.443 e. The molecule has 0 saturated carbocycles. The van der Waals surface area contributed by atoms with Gasteiger partial charge in [0.2, 0.25) is 5.95 Å². The third-order valence-corrected chi connectivity index (χ3v) is 3.31. The summed E-state index contributed by atoms with van der Waals surface area (Å²) in [5.74, 6) is 0.441. The van der Waals surface area contributed by atoms with Crippen molar-refractivity contribution in [3.8, 4) is 0 Å². The lowest BCUT2D eigenvalue weighted by Crippen LogP contribution is -2.30. The summed E-state index contributed by atoms with van der Waals surface area (Å²) in [6.07, 6.45) is 0.376. The summed E-state index contributed by atoms with van der Waals surface area (Å²) in [6, 6.07) is 0. The Bertz CT molecular complexity index is 467. The maximum Gasteiger partial charge on any atom is 0.417 e. The number of anilines is 1. The van der Waals surface area contributed by atoms with Crippen molar-refractivity contribution in [2.75, 3.05) is 25.0 Å². The molecule has 1 saturated heterocycles. The van der Waals surface area contributed by atoms with E-state index in [9.17, 15) is 4.79 Å². The van der Waals surface area contributed by atoms with E-state index in [4.69, 9.17) is 4.74 Å². The first kappa shape index (κ1) is 13.7. The molecule has 6 heteroatoms. The number of aryl methyl sites for hydroxylation is 2. The van der Waals surface area contributed by atoms with Crippen LogP contribution in [0.5, 0.6) is 0 Å². The number of carbonyl (C=O) groups is 1. The number of hydrogen-bond donors (Lipinski definition) is 1. The minimum Gasteiger partial charge on any atom is -0.443 e. The van der Waals surface area contributed by atoms with Crippen LogP contribution < -0.4 is 10.2 Å². The highest BCUT2D eigenvalue weighted by molar-refractivity contribution is 5.87. The van der Waals surface area contributed by atoms with Crippen molar-refractivity contribution in [3.05, 3.63) is 17.0 Å². The molecule has 1 N–H and O–H groups in total. The van der Waals surface area contributed by atoms with Gasteiger partial charge in [0.1, 0.15) is 6.10 Å². The van der Waals surface area contributed by atoms with Crippen LogP contribution in [0.4, 0.5) is 10.7 Å². The third-order valence-electron chi connectivity index (χ3n) is 3.31. The molecule has 0 aromatic carbocycles. The lowest BCUT2D eigenvalue weighted by atomic mass is 10.1. The summed E-state index contributed by atoms with van der Waals surface area (Å²) in [6.45, 7) is 7.09.